The maximum absolute atomic E-state index is 14.0. The second kappa shape index (κ2) is 6.55. The maximum Gasteiger partial charge on any atom is 0.314 e. The number of carboxylic acid groups (broad SMARTS) is 1. The summed E-state index contributed by atoms with van der Waals surface area (Å²) in [5.74, 6) is -0.833. The lowest BCUT2D eigenvalue weighted by Crippen LogP contribution is -2.38. The van der Waals surface area contributed by atoms with E-state index in [1.165, 1.54) is 19.2 Å². The van der Waals surface area contributed by atoms with Crippen LogP contribution in [0.4, 0.5) is 4.39 Å². The molecule has 1 aliphatic rings. The Bertz CT molecular complexity index is 548. The summed E-state index contributed by atoms with van der Waals surface area (Å²) < 4.78 is 25.0. The number of carbonyl (C=O) groups is 1. The number of methoxy groups -OCH3 is 1. The Morgan fingerprint density at radius 3 is 2.41 bits per heavy atom. The molecule has 1 aromatic carbocycles. The summed E-state index contributed by atoms with van der Waals surface area (Å²) >= 11 is 0. The van der Waals surface area contributed by atoms with E-state index in [0.29, 0.717) is 24.2 Å². The van der Waals surface area contributed by atoms with Gasteiger partial charge in [-0.3, -0.25) is 4.79 Å². The number of rotatable bonds is 5. The minimum atomic E-state index is -1.10. The Morgan fingerprint density at radius 1 is 1.27 bits per heavy atom. The molecule has 0 bridgehead atoms. The van der Waals surface area contributed by atoms with Crippen LogP contribution in [0.3, 0.4) is 0 Å². The summed E-state index contributed by atoms with van der Waals surface area (Å²) in [5.41, 5.74) is -0.706. The molecule has 0 heterocycles. The van der Waals surface area contributed by atoms with Gasteiger partial charge in [-0.15, -0.1) is 0 Å². The van der Waals surface area contributed by atoms with Crippen LogP contribution in [0.15, 0.2) is 12.1 Å². The Balaban J connectivity index is 2.64. The van der Waals surface area contributed by atoms with Gasteiger partial charge in [-0.2, -0.15) is 0 Å². The van der Waals surface area contributed by atoms with Gasteiger partial charge in [-0.05, 0) is 32.8 Å². The minimum Gasteiger partial charge on any atom is -0.493 e. The van der Waals surface area contributed by atoms with Crippen molar-refractivity contribution in [2.24, 2.45) is 0 Å². The van der Waals surface area contributed by atoms with Gasteiger partial charge in [0.15, 0.2) is 11.5 Å². The average molecular weight is 310 g/mol. The first-order chi connectivity index (χ1) is 10.4. The fraction of sp³-hybridized carbons (Fsp3) is 0.588. The zero-order chi connectivity index (χ0) is 16.3. The SMILES string of the molecule is COc1cc(F)cc(C2(C(=O)O)CCCCC2)c1OC(C)C. The highest BCUT2D eigenvalue weighted by Crippen LogP contribution is 2.47. The number of hydrogen-bond acceptors (Lipinski definition) is 3. The van der Waals surface area contributed by atoms with Crippen molar-refractivity contribution in [3.05, 3.63) is 23.5 Å². The van der Waals surface area contributed by atoms with Crippen molar-refractivity contribution >= 4 is 5.97 Å². The summed E-state index contributed by atoms with van der Waals surface area (Å²) in [4.78, 5) is 12.0. The van der Waals surface area contributed by atoms with Gasteiger partial charge in [0.25, 0.3) is 0 Å². The second-order valence-electron chi connectivity index (χ2n) is 6.10. The maximum atomic E-state index is 14.0. The van der Waals surface area contributed by atoms with Crippen molar-refractivity contribution in [2.45, 2.75) is 57.5 Å². The molecule has 0 atom stereocenters. The normalized spacial score (nSPS) is 17.3. The van der Waals surface area contributed by atoms with Crippen molar-refractivity contribution < 1.29 is 23.8 Å². The standard InChI is InChI=1S/C17H23FO4/c1-11(2)22-15-13(9-12(18)10-14(15)21-3)17(16(19)20)7-5-4-6-8-17/h9-11H,4-8H2,1-3H3,(H,19,20). The van der Waals surface area contributed by atoms with Crippen LogP contribution in [-0.4, -0.2) is 24.3 Å². The second-order valence-corrected chi connectivity index (χ2v) is 6.10. The van der Waals surface area contributed by atoms with Gasteiger partial charge in [-0.25, -0.2) is 4.39 Å². The Labute approximate surface area is 130 Å². The lowest BCUT2D eigenvalue weighted by Gasteiger charge is -2.35. The predicted octanol–water partition coefficient (Wildman–Crippen LogP) is 3.91. The summed E-state index contributed by atoms with van der Waals surface area (Å²) in [6.07, 6.45) is 3.44. The van der Waals surface area contributed by atoms with Crippen molar-refractivity contribution in [1.82, 2.24) is 0 Å². The van der Waals surface area contributed by atoms with Gasteiger partial charge in [0.1, 0.15) is 5.82 Å². The zero-order valence-corrected chi connectivity index (χ0v) is 13.3. The molecular formula is C17H23FO4. The highest BCUT2D eigenvalue weighted by atomic mass is 19.1. The molecule has 2 rings (SSSR count). The molecule has 0 spiro atoms. The number of aliphatic carboxylic acids is 1. The van der Waals surface area contributed by atoms with Crippen LogP contribution >= 0.6 is 0 Å². The van der Waals surface area contributed by atoms with Gasteiger partial charge in [0, 0.05) is 11.6 Å². The number of carboxylic acids is 1. The molecule has 0 radical (unpaired) electrons. The van der Waals surface area contributed by atoms with Gasteiger partial charge in [-0.1, -0.05) is 19.3 Å². The van der Waals surface area contributed by atoms with Crippen LogP contribution in [0.25, 0.3) is 0 Å². The molecule has 22 heavy (non-hydrogen) atoms. The third-order valence-corrected chi connectivity index (χ3v) is 4.23. The highest BCUT2D eigenvalue weighted by molar-refractivity contribution is 5.83. The lowest BCUT2D eigenvalue weighted by atomic mass is 9.69. The molecule has 0 unspecified atom stereocenters. The molecule has 1 saturated carbocycles. The number of benzene rings is 1. The summed E-state index contributed by atoms with van der Waals surface area (Å²) in [6.45, 7) is 3.70. The van der Waals surface area contributed by atoms with Crippen LogP contribution in [0.5, 0.6) is 11.5 Å². The summed E-state index contributed by atoms with van der Waals surface area (Å²) in [7, 11) is 1.43. The molecule has 0 aromatic heterocycles. The fourth-order valence-electron chi connectivity index (χ4n) is 3.19. The van der Waals surface area contributed by atoms with Gasteiger partial charge in [0.05, 0.1) is 18.6 Å². The first kappa shape index (κ1) is 16.6. The monoisotopic (exact) mass is 310 g/mol. The van der Waals surface area contributed by atoms with Crippen LogP contribution in [0.2, 0.25) is 0 Å². The van der Waals surface area contributed by atoms with E-state index in [1.807, 2.05) is 13.8 Å². The number of ether oxygens (including phenoxy) is 2. The smallest absolute Gasteiger partial charge is 0.314 e. The lowest BCUT2D eigenvalue weighted by molar-refractivity contribution is -0.145. The molecule has 1 N–H and O–H groups in total. The third kappa shape index (κ3) is 3.03. The molecule has 4 nitrogen and oxygen atoms in total. The molecule has 5 heteroatoms. The highest BCUT2D eigenvalue weighted by Gasteiger charge is 2.44. The van der Waals surface area contributed by atoms with E-state index in [0.717, 1.165) is 19.3 Å². The van der Waals surface area contributed by atoms with Gasteiger partial charge in [0.2, 0.25) is 0 Å². The van der Waals surface area contributed by atoms with E-state index >= 15 is 0 Å². The van der Waals surface area contributed by atoms with E-state index in [4.69, 9.17) is 9.47 Å². The van der Waals surface area contributed by atoms with E-state index in [-0.39, 0.29) is 11.9 Å². The number of halogens is 1. The van der Waals surface area contributed by atoms with E-state index < -0.39 is 17.2 Å². The van der Waals surface area contributed by atoms with Crippen LogP contribution in [-0.2, 0) is 10.2 Å². The van der Waals surface area contributed by atoms with E-state index in [1.54, 1.807) is 0 Å². The zero-order valence-electron chi connectivity index (χ0n) is 13.3. The summed E-state index contributed by atoms with van der Waals surface area (Å²) in [6, 6.07) is 2.53. The molecule has 0 saturated heterocycles. The van der Waals surface area contributed by atoms with Crippen LogP contribution in [0, 0.1) is 5.82 Å². The molecule has 0 aliphatic heterocycles. The molecular weight excluding hydrogens is 287 g/mol. The van der Waals surface area contributed by atoms with Gasteiger partial charge < -0.3 is 14.6 Å². The molecule has 0 amide bonds. The first-order valence-corrected chi connectivity index (χ1v) is 7.69. The quantitative estimate of drug-likeness (QED) is 0.896. The fourth-order valence-corrected chi connectivity index (χ4v) is 3.19. The molecule has 1 fully saturated rings. The third-order valence-electron chi connectivity index (χ3n) is 4.23. The van der Waals surface area contributed by atoms with Crippen LogP contribution in [0.1, 0.15) is 51.5 Å². The largest absolute Gasteiger partial charge is 0.493 e. The summed E-state index contributed by atoms with van der Waals surface area (Å²) in [5, 5.41) is 9.84. The van der Waals surface area contributed by atoms with Crippen molar-refractivity contribution in [1.29, 1.82) is 0 Å². The van der Waals surface area contributed by atoms with Crippen LogP contribution < -0.4 is 9.47 Å². The molecule has 122 valence electrons. The first-order valence-electron chi connectivity index (χ1n) is 7.69. The van der Waals surface area contributed by atoms with Crippen molar-refractivity contribution in [3.8, 4) is 11.5 Å². The Hall–Kier alpha value is -1.78. The van der Waals surface area contributed by atoms with Crippen molar-refractivity contribution in [3.63, 3.8) is 0 Å². The van der Waals surface area contributed by atoms with Gasteiger partial charge >= 0.3 is 5.97 Å². The topological polar surface area (TPSA) is 55.8 Å². The minimum absolute atomic E-state index is 0.160. The number of hydrogen-bond donors (Lipinski definition) is 1. The molecule has 1 aromatic rings. The Morgan fingerprint density at radius 2 is 1.91 bits per heavy atom. The molecule has 1 aliphatic carbocycles. The predicted molar refractivity (Wildman–Crippen MR) is 81.1 cm³/mol. The van der Waals surface area contributed by atoms with Crippen molar-refractivity contribution in [2.75, 3.05) is 7.11 Å². The average Bonchev–Trinajstić information content (AvgIpc) is 2.48. The van der Waals surface area contributed by atoms with E-state index in [9.17, 15) is 14.3 Å². The van der Waals surface area contributed by atoms with E-state index in [2.05, 4.69) is 0 Å². The Kier molecular flexibility index (Phi) is 4.94.